The number of alkyl halides is 1. The first kappa shape index (κ1) is 11.6. The molecule has 66 valence electrons. The minimum atomic E-state index is 0.777. The summed E-state index contributed by atoms with van der Waals surface area (Å²) in [4.78, 5) is 0. The van der Waals surface area contributed by atoms with Crippen molar-refractivity contribution >= 4 is 77.5 Å². The maximum atomic E-state index is 2.52. The first-order valence-electron chi connectivity index (χ1n) is 3.09. The van der Waals surface area contributed by atoms with Crippen molar-refractivity contribution in [3.05, 3.63) is 0 Å². The Kier molecular flexibility index (Phi) is 7.21. The average molecular weight is 356 g/mol. The van der Waals surface area contributed by atoms with E-state index in [0.717, 1.165) is 8.51 Å². The van der Waals surface area contributed by atoms with E-state index in [9.17, 15) is 0 Å². The van der Waals surface area contributed by atoms with Crippen LogP contribution in [0.5, 0.6) is 0 Å². The van der Waals surface area contributed by atoms with E-state index in [-0.39, 0.29) is 0 Å². The largest absolute Gasteiger partial charge is 0.134 e. The number of rotatable bonds is 1. The molecule has 0 N–H and O–H groups in total. The van der Waals surface area contributed by atoms with Crippen molar-refractivity contribution in [3.63, 3.8) is 0 Å². The van der Waals surface area contributed by atoms with Gasteiger partial charge in [0.25, 0.3) is 0 Å². The van der Waals surface area contributed by atoms with Gasteiger partial charge in [0.15, 0.2) is 0 Å². The summed E-state index contributed by atoms with van der Waals surface area (Å²) >= 11 is 4.60. The highest BCUT2D eigenvalue weighted by atomic mass is 127. The van der Waals surface area contributed by atoms with Crippen LogP contribution in [-0.4, -0.2) is 18.7 Å². The van der Waals surface area contributed by atoms with Crippen molar-refractivity contribution in [2.45, 2.75) is 15.4 Å². The Morgan fingerprint density at radius 1 is 1.27 bits per heavy atom. The third-order valence-corrected chi connectivity index (χ3v) is 11.2. The van der Waals surface area contributed by atoms with E-state index in [0.29, 0.717) is 0 Å². The van der Waals surface area contributed by atoms with Gasteiger partial charge < -0.3 is 0 Å². The van der Waals surface area contributed by atoms with E-state index in [1.165, 1.54) is 10.2 Å². The summed E-state index contributed by atoms with van der Waals surface area (Å²) in [6.45, 7) is 2.30. The van der Waals surface area contributed by atoms with Crippen LogP contribution in [0.1, 0.15) is 6.92 Å². The Morgan fingerprint density at radius 2 is 2.00 bits per heavy atom. The summed E-state index contributed by atoms with van der Waals surface area (Å²) < 4.78 is 1.56. The molecule has 0 aliphatic carbocycles. The lowest BCUT2D eigenvalue weighted by Gasteiger charge is -2.19. The molecular formula is C5H9IS5. The van der Waals surface area contributed by atoms with E-state index >= 15 is 0 Å². The topological polar surface area (TPSA) is 0 Å². The lowest BCUT2D eigenvalue weighted by atomic mass is 10.6. The second kappa shape index (κ2) is 6.86. The van der Waals surface area contributed by atoms with Crippen LogP contribution in [0.4, 0.5) is 0 Å². The summed E-state index contributed by atoms with van der Waals surface area (Å²) in [7, 11) is 8.01. The highest BCUT2D eigenvalue weighted by molar-refractivity contribution is 14.1. The SMILES string of the molecule is CC(I)C1SCSSCSS1. The first-order chi connectivity index (χ1) is 5.30. The molecule has 0 bridgehead atoms. The van der Waals surface area contributed by atoms with Gasteiger partial charge in [-0.25, -0.2) is 0 Å². The Balaban J connectivity index is 2.26. The molecule has 6 heteroatoms. The van der Waals surface area contributed by atoms with Crippen LogP contribution in [0.3, 0.4) is 0 Å². The van der Waals surface area contributed by atoms with Gasteiger partial charge in [-0.05, 0) is 0 Å². The summed E-state index contributed by atoms with van der Waals surface area (Å²) in [5.74, 6) is 0. The average Bonchev–Trinajstić information content (AvgIpc) is 1.84. The Morgan fingerprint density at radius 3 is 2.73 bits per heavy atom. The lowest BCUT2D eigenvalue weighted by Crippen LogP contribution is -2.08. The molecule has 0 nitrogen and oxygen atoms in total. The molecule has 0 radical (unpaired) electrons. The number of hydrogen-bond donors (Lipinski definition) is 0. The molecule has 2 atom stereocenters. The predicted molar refractivity (Wildman–Crippen MR) is 75.0 cm³/mol. The second-order valence-corrected chi connectivity index (χ2v) is 11.0. The van der Waals surface area contributed by atoms with Gasteiger partial charge >= 0.3 is 0 Å². The van der Waals surface area contributed by atoms with E-state index < -0.39 is 0 Å². The van der Waals surface area contributed by atoms with Crippen molar-refractivity contribution in [1.29, 1.82) is 0 Å². The summed E-state index contributed by atoms with van der Waals surface area (Å²) in [6, 6.07) is 0. The van der Waals surface area contributed by atoms with E-state index in [1.54, 1.807) is 0 Å². The number of hydrogen-bond acceptors (Lipinski definition) is 5. The van der Waals surface area contributed by atoms with Crippen LogP contribution < -0.4 is 0 Å². The van der Waals surface area contributed by atoms with Gasteiger partial charge in [-0.15, -0.1) is 11.8 Å². The van der Waals surface area contributed by atoms with Gasteiger partial charge in [-0.1, -0.05) is 72.7 Å². The van der Waals surface area contributed by atoms with Gasteiger partial charge in [0.05, 0.1) is 14.8 Å². The van der Waals surface area contributed by atoms with E-state index in [1.807, 2.05) is 43.2 Å². The maximum absolute atomic E-state index is 2.52. The fourth-order valence-electron chi connectivity index (χ4n) is 0.514. The lowest BCUT2D eigenvalue weighted by molar-refractivity contribution is 1.13. The Hall–Kier alpha value is 2.48. The quantitative estimate of drug-likeness (QED) is 0.383. The molecular weight excluding hydrogens is 347 g/mol. The monoisotopic (exact) mass is 356 g/mol. The van der Waals surface area contributed by atoms with E-state index in [4.69, 9.17) is 0 Å². The zero-order chi connectivity index (χ0) is 8.10. The van der Waals surface area contributed by atoms with Crippen molar-refractivity contribution in [1.82, 2.24) is 0 Å². The van der Waals surface area contributed by atoms with Crippen LogP contribution in [0.15, 0.2) is 0 Å². The van der Waals surface area contributed by atoms with E-state index in [2.05, 4.69) is 41.3 Å². The molecule has 1 rings (SSSR count). The molecule has 1 saturated heterocycles. The third kappa shape index (κ3) is 5.05. The molecule has 0 amide bonds. The normalized spacial score (nSPS) is 30.5. The summed E-state index contributed by atoms with van der Waals surface area (Å²) in [5.41, 5.74) is 0. The van der Waals surface area contributed by atoms with Crippen molar-refractivity contribution in [3.8, 4) is 0 Å². The molecule has 1 aliphatic heterocycles. The molecule has 0 spiro atoms. The smallest absolute Gasteiger partial charge is 0.0729 e. The zero-order valence-corrected chi connectivity index (χ0v) is 12.2. The maximum Gasteiger partial charge on any atom is 0.0729 e. The molecule has 0 aromatic rings. The fourth-order valence-corrected chi connectivity index (χ4v) is 10.7. The van der Waals surface area contributed by atoms with Gasteiger partial charge in [0.1, 0.15) is 0 Å². The van der Waals surface area contributed by atoms with Crippen LogP contribution in [0, 0.1) is 0 Å². The highest BCUT2D eigenvalue weighted by Gasteiger charge is 2.17. The van der Waals surface area contributed by atoms with Crippen LogP contribution in [-0.2, 0) is 0 Å². The molecule has 0 aromatic heterocycles. The standard InChI is InChI=1S/C5H9IS5/c1-4(6)5-7-2-8-9-3-10-11-5/h4-5H,2-3H2,1H3. The Bertz CT molecular complexity index is 101. The van der Waals surface area contributed by atoms with Gasteiger partial charge in [-0.2, -0.15) is 0 Å². The van der Waals surface area contributed by atoms with Crippen LogP contribution in [0.25, 0.3) is 0 Å². The van der Waals surface area contributed by atoms with Gasteiger partial charge in [0, 0.05) is 3.92 Å². The molecule has 0 aromatic carbocycles. The highest BCUT2D eigenvalue weighted by Crippen LogP contribution is 2.46. The molecule has 1 aliphatic rings. The summed E-state index contributed by atoms with van der Waals surface area (Å²) in [5, 5.41) is 2.48. The van der Waals surface area contributed by atoms with Crippen LogP contribution in [0.2, 0.25) is 0 Å². The summed E-state index contributed by atoms with van der Waals surface area (Å²) in [6.07, 6.45) is 0. The zero-order valence-electron chi connectivity index (χ0n) is 5.99. The number of halogens is 1. The minimum absolute atomic E-state index is 0.777. The van der Waals surface area contributed by atoms with Crippen LogP contribution >= 0.6 is 77.5 Å². The molecule has 0 saturated carbocycles. The number of thioether (sulfide) groups is 1. The third-order valence-electron chi connectivity index (χ3n) is 0.998. The first-order valence-corrected chi connectivity index (χ1v) is 10.3. The molecule has 2 unspecified atom stereocenters. The molecule has 1 fully saturated rings. The Labute approximate surface area is 102 Å². The second-order valence-electron chi connectivity index (χ2n) is 1.90. The molecule has 1 heterocycles. The van der Waals surface area contributed by atoms with Gasteiger partial charge in [-0.3, -0.25) is 0 Å². The fraction of sp³-hybridized carbons (Fsp3) is 1.00. The van der Waals surface area contributed by atoms with Crippen molar-refractivity contribution in [2.24, 2.45) is 0 Å². The molecule has 11 heavy (non-hydrogen) atoms. The minimum Gasteiger partial charge on any atom is -0.134 e. The van der Waals surface area contributed by atoms with Crippen molar-refractivity contribution in [2.75, 3.05) is 10.2 Å². The predicted octanol–water partition coefficient (Wildman–Crippen LogP) is 4.56. The van der Waals surface area contributed by atoms with Crippen molar-refractivity contribution < 1.29 is 0 Å². The van der Waals surface area contributed by atoms with Gasteiger partial charge in [0.2, 0.25) is 0 Å².